The average Bonchev–Trinajstić information content (AvgIpc) is 2.15. The zero-order chi connectivity index (χ0) is 11.5. The van der Waals surface area contributed by atoms with Crippen LogP contribution >= 0.6 is 34.8 Å². The fraction of sp³-hybridized carbons (Fsp3) is 0.889. The van der Waals surface area contributed by atoms with Crippen LogP contribution in [0, 0.1) is 5.92 Å². The summed E-state index contributed by atoms with van der Waals surface area (Å²) >= 11 is 16.1. The van der Waals surface area contributed by atoms with Crippen LogP contribution in [0.15, 0.2) is 0 Å². The minimum Gasteiger partial charge on any atom is -0.398 e. The Labute approximate surface area is 105 Å². The molecule has 0 aliphatic carbocycles. The second-order valence-corrected chi connectivity index (χ2v) is 5.85. The van der Waals surface area contributed by atoms with E-state index in [4.69, 9.17) is 34.8 Å². The predicted molar refractivity (Wildman–Crippen MR) is 61.4 cm³/mol. The molecule has 1 atom stereocenters. The average molecular weight is 275 g/mol. The lowest BCUT2D eigenvalue weighted by Crippen LogP contribution is -2.41. The van der Waals surface area contributed by atoms with Gasteiger partial charge < -0.3 is 9.64 Å². The number of ether oxygens (including phenoxy) is 1. The smallest absolute Gasteiger partial charge is 0.398 e. The molecule has 15 heavy (non-hydrogen) atoms. The molecule has 1 aliphatic heterocycles. The molecule has 0 spiro atoms. The fourth-order valence-corrected chi connectivity index (χ4v) is 1.93. The number of nitrogens with zero attached hydrogens (tertiary/aromatic N) is 1. The van der Waals surface area contributed by atoms with Gasteiger partial charge in [-0.3, -0.25) is 0 Å². The summed E-state index contributed by atoms with van der Waals surface area (Å²) in [7, 11) is 0. The number of hydrogen-bond donors (Lipinski definition) is 0. The van der Waals surface area contributed by atoms with Crippen molar-refractivity contribution in [2.45, 2.75) is 30.2 Å². The van der Waals surface area contributed by atoms with Crippen molar-refractivity contribution in [3.05, 3.63) is 0 Å². The third-order valence-electron chi connectivity index (χ3n) is 2.56. The van der Waals surface area contributed by atoms with Gasteiger partial charge in [0.2, 0.25) is 0 Å². The summed E-state index contributed by atoms with van der Waals surface area (Å²) in [5.41, 5.74) is 0. The first-order chi connectivity index (χ1) is 6.92. The predicted octanol–water partition coefficient (Wildman–Crippen LogP) is 3.57. The lowest BCUT2D eigenvalue weighted by molar-refractivity contribution is 0.0818. The Morgan fingerprint density at radius 1 is 1.53 bits per heavy atom. The van der Waals surface area contributed by atoms with E-state index in [2.05, 4.69) is 11.7 Å². The highest BCUT2D eigenvalue weighted by molar-refractivity contribution is 6.66. The van der Waals surface area contributed by atoms with Gasteiger partial charge in [-0.15, -0.1) is 0 Å². The Morgan fingerprint density at radius 2 is 2.20 bits per heavy atom. The van der Waals surface area contributed by atoms with Crippen molar-refractivity contribution >= 4 is 40.9 Å². The number of alkyl halides is 3. The molecule has 0 aromatic rings. The van der Waals surface area contributed by atoms with Crippen LogP contribution in [-0.2, 0) is 4.74 Å². The summed E-state index contributed by atoms with van der Waals surface area (Å²) in [6, 6.07) is 0. The monoisotopic (exact) mass is 273 g/mol. The number of piperidine rings is 1. The second kappa shape index (κ2) is 5.46. The maximum absolute atomic E-state index is 11.5. The van der Waals surface area contributed by atoms with Crippen LogP contribution < -0.4 is 0 Å². The Hall–Kier alpha value is 0.140. The van der Waals surface area contributed by atoms with Gasteiger partial charge in [-0.05, 0) is 53.6 Å². The summed E-state index contributed by atoms with van der Waals surface area (Å²) in [4.78, 5) is 13.1. The number of likely N-dealkylation sites (tertiary alicyclic amines) is 1. The van der Waals surface area contributed by atoms with Crippen LogP contribution in [0.1, 0.15) is 26.2 Å². The van der Waals surface area contributed by atoms with Gasteiger partial charge >= 0.3 is 10.1 Å². The molecule has 0 aromatic carbocycles. The Kier molecular flexibility index (Phi) is 4.81. The summed E-state index contributed by atoms with van der Waals surface area (Å²) in [6.45, 7) is 3.47. The van der Waals surface area contributed by atoms with E-state index in [0.717, 1.165) is 19.3 Å². The van der Waals surface area contributed by atoms with Crippen molar-refractivity contribution in [2.75, 3.05) is 13.1 Å². The van der Waals surface area contributed by atoms with Crippen molar-refractivity contribution in [1.29, 1.82) is 0 Å². The number of carbonyl (C=O) groups excluding carboxylic acids is 1. The van der Waals surface area contributed by atoms with Gasteiger partial charge in [0.15, 0.2) is 0 Å². The van der Waals surface area contributed by atoms with Gasteiger partial charge in [0.1, 0.15) is 0 Å². The van der Waals surface area contributed by atoms with Crippen LogP contribution in [0.2, 0.25) is 0 Å². The maximum atomic E-state index is 11.5. The van der Waals surface area contributed by atoms with E-state index < -0.39 is 10.1 Å². The van der Waals surface area contributed by atoms with E-state index >= 15 is 0 Å². The molecule has 1 heterocycles. The van der Waals surface area contributed by atoms with Crippen LogP contribution in [0.3, 0.4) is 0 Å². The number of amides is 1. The minimum atomic E-state index is -1.96. The Bertz CT molecular complexity index is 230. The molecule has 1 rings (SSSR count). The number of hydrogen-bond acceptors (Lipinski definition) is 2. The molecule has 88 valence electrons. The molecule has 1 amide bonds. The Balaban J connectivity index is 2.45. The van der Waals surface area contributed by atoms with E-state index in [0.29, 0.717) is 19.0 Å². The highest BCUT2D eigenvalue weighted by Gasteiger charge is 2.30. The van der Waals surface area contributed by atoms with Crippen molar-refractivity contribution in [3.8, 4) is 0 Å². The normalized spacial score (nSPS) is 22.7. The minimum absolute atomic E-state index is 0.529. The first-order valence-electron chi connectivity index (χ1n) is 4.97. The number of carbonyl (C=O) groups is 1. The lowest BCUT2D eigenvalue weighted by Gasteiger charge is -2.32. The van der Waals surface area contributed by atoms with E-state index in [-0.39, 0.29) is 0 Å². The first kappa shape index (κ1) is 13.2. The fourth-order valence-electron chi connectivity index (χ4n) is 1.73. The molecule has 0 bridgehead atoms. The first-order valence-corrected chi connectivity index (χ1v) is 6.10. The summed E-state index contributed by atoms with van der Waals surface area (Å²) < 4.78 is 2.69. The highest BCUT2D eigenvalue weighted by Crippen LogP contribution is 2.29. The van der Waals surface area contributed by atoms with Gasteiger partial charge in [0.05, 0.1) is 0 Å². The molecular weight excluding hydrogens is 260 g/mol. The number of rotatable bonds is 1. The standard InChI is InChI=1S/C9H14Cl3NO2/c1-2-7-4-3-5-13(6-7)8(14)15-9(10,11)12/h7H,2-6H2,1H3. The molecule has 1 fully saturated rings. The summed E-state index contributed by atoms with van der Waals surface area (Å²) in [5.74, 6) is 0.529. The maximum Gasteiger partial charge on any atom is 0.413 e. The molecule has 0 aromatic heterocycles. The van der Waals surface area contributed by atoms with Crippen molar-refractivity contribution in [3.63, 3.8) is 0 Å². The van der Waals surface area contributed by atoms with E-state index in [1.165, 1.54) is 0 Å². The highest BCUT2D eigenvalue weighted by atomic mass is 35.6. The zero-order valence-corrected chi connectivity index (χ0v) is 10.8. The van der Waals surface area contributed by atoms with E-state index in [1.807, 2.05) is 0 Å². The third kappa shape index (κ3) is 4.66. The molecule has 0 radical (unpaired) electrons. The SMILES string of the molecule is CCC1CCCN(C(=O)OC(Cl)(Cl)Cl)C1. The van der Waals surface area contributed by atoms with E-state index in [9.17, 15) is 4.79 Å². The molecule has 1 saturated heterocycles. The van der Waals surface area contributed by atoms with Gasteiger partial charge in [0, 0.05) is 13.1 Å². The van der Waals surface area contributed by atoms with Crippen LogP contribution in [0.5, 0.6) is 0 Å². The third-order valence-corrected chi connectivity index (χ3v) is 2.79. The summed E-state index contributed by atoms with van der Waals surface area (Å²) in [6.07, 6.45) is 2.63. The van der Waals surface area contributed by atoms with Crippen LogP contribution in [0.4, 0.5) is 4.79 Å². The molecule has 3 nitrogen and oxygen atoms in total. The van der Waals surface area contributed by atoms with Crippen LogP contribution in [-0.4, -0.2) is 28.1 Å². The lowest BCUT2D eigenvalue weighted by atomic mass is 9.96. The largest absolute Gasteiger partial charge is 0.413 e. The van der Waals surface area contributed by atoms with Crippen molar-refractivity contribution < 1.29 is 9.53 Å². The molecule has 0 N–H and O–H groups in total. The van der Waals surface area contributed by atoms with E-state index in [1.54, 1.807) is 4.90 Å². The van der Waals surface area contributed by atoms with Crippen molar-refractivity contribution in [2.24, 2.45) is 5.92 Å². The molecule has 0 saturated carbocycles. The van der Waals surface area contributed by atoms with Gasteiger partial charge in [0.25, 0.3) is 0 Å². The molecule has 1 unspecified atom stereocenters. The zero-order valence-electron chi connectivity index (χ0n) is 8.51. The quantitative estimate of drug-likeness (QED) is 0.684. The summed E-state index contributed by atoms with van der Waals surface area (Å²) in [5, 5.41) is 0. The van der Waals surface area contributed by atoms with Crippen molar-refractivity contribution in [1.82, 2.24) is 4.90 Å². The van der Waals surface area contributed by atoms with Gasteiger partial charge in [-0.2, -0.15) is 0 Å². The van der Waals surface area contributed by atoms with Gasteiger partial charge in [-0.25, -0.2) is 4.79 Å². The topological polar surface area (TPSA) is 29.5 Å². The second-order valence-electron chi connectivity index (χ2n) is 3.68. The number of halogens is 3. The van der Waals surface area contributed by atoms with Gasteiger partial charge in [-0.1, -0.05) is 13.3 Å². The molecule has 1 aliphatic rings. The molecular formula is C9H14Cl3NO2. The molecule has 6 heteroatoms. The Morgan fingerprint density at radius 3 is 2.73 bits per heavy atom. The van der Waals surface area contributed by atoms with Crippen LogP contribution in [0.25, 0.3) is 0 Å².